The number of ether oxygens (including phenoxy) is 2. The number of piperidine rings is 1. The second-order valence-electron chi connectivity index (χ2n) is 6.79. The van der Waals surface area contributed by atoms with Gasteiger partial charge in [-0.15, -0.1) is 0 Å². The molecule has 0 bridgehead atoms. The number of hydrogen-bond donors (Lipinski definition) is 1. The van der Waals surface area contributed by atoms with E-state index in [1.165, 1.54) is 0 Å². The molecule has 6 nitrogen and oxygen atoms in total. The Balaban J connectivity index is 1.48. The average molecular weight is 369 g/mol. The summed E-state index contributed by atoms with van der Waals surface area (Å²) in [4.78, 5) is 19.4. The fraction of sp³-hybridized carbons (Fsp3) is 0.429. The van der Waals surface area contributed by atoms with Gasteiger partial charge in [0.2, 0.25) is 0 Å². The number of likely N-dealkylation sites (tertiary alicyclic amines) is 1. The van der Waals surface area contributed by atoms with E-state index in [1.807, 2.05) is 18.3 Å². The zero-order chi connectivity index (χ0) is 19.1. The lowest BCUT2D eigenvalue weighted by atomic mass is 9.96. The predicted molar refractivity (Wildman–Crippen MR) is 104 cm³/mol. The Morgan fingerprint density at radius 1 is 1.15 bits per heavy atom. The average Bonchev–Trinajstić information content (AvgIpc) is 2.73. The van der Waals surface area contributed by atoms with E-state index in [0.717, 1.165) is 38.2 Å². The number of carbonyl (C=O) groups is 1. The lowest BCUT2D eigenvalue weighted by Crippen LogP contribution is -2.38. The van der Waals surface area contributed by atoms with Crippen LogP contribution in [-0.4, -0.2) is 49.6 Å². The van der Waals surface area contributed by atoms with Crippen LogP contribution in [0.15, 0.2) is 42.6 Å². The molecule has 1 fully saturated rings. The first-order valence-corrected chi connectivity index (χ1v) is 9.32. The third-order valence-electron chi connectivity index (χ3n) is 5.02. The number of hydrogen-bond acceptors (Lipinski definition) is 5. The maximum Gasteiger partial charge on any atom is 0.255 e. The normalized spacial score (nSPS) is 15.3. The molecule has 1 aromatic heterocycles. The van der Waals surface area contributed by atoms with E-state index < -0.39 is 0 Å². The second-order valence-corrected chi connectivity index (χ2v) is 6.79. The summed E-state index contributed by atoms with van der Waals surface area (Å²) in [5.41, 5.74) is 1.61. The lowest BCUT2D eigenvalue weighted by Gasteiger charge is -2.31. The van der Waals surface area contributed by atoms with Crippen LogP contribution < -0.4 is 14.8 Å². The molecule has 0 saturated carbocycles. The van der Waals surface area contributed by atoms with Crippen molar-refractivity contribution < 1.29 is 14.3 Å². The zero-order valence-electron chi connectivity index (χ0n) is 16.0. The van der Waals surface area contributed by atoms with Crippen LogP contribution in [0.1, 0.15) is 28.9 Å². The largest absolute Gasteiger partial charge is 0.493 e. The molecule has 0 unspecified atom stereocenters. The van der Waals surface area contributed by atoms with Crippen molar-refractivity contribution in [2.45, 2.75) is 19.4 Å². The number of carbonyl (C=O) groups excluding carboxylic acids is 1. The zero-order valence-corrected chi connectivity index (χ0v) is 16.0. The van der Waals surface area contributed by atoms with Crippen LogP contribution in [0.3, 0.4) is 0 Å². The summed E-state index contributed by atoms with van der Waals surface area (Å²) in [6.07, 6.45) is 3.98. The number of amides is 1. The van der Waals surface area contributed by atoms with E-state index in [9.17, 15) is 4.79 Å². The van der Waals surface area contributed by atoms with Gasteiger partial charge in [0.25, 0.3) is 5.91 Å². The molecule has 0 atom stereocenters. The summed E-state index contributed by atoms with van der Waals surface area (Å²) in [5, 5.41) is 3.05. The fourth-order valence-electron chi connectivity index (χ4n) is 3.47. The highest BCUT2D eigenvalue weighted by Gasteiger charge is 2.21. The number of pyridine rings is 1. The quantitative estimate of drug-likeness (QED) is 0.813. The van der Waals surface area contributed by atoms with Crippen LogP contribution >= 0.6 is 0 Å². The first-order chi connectivity index (χ1) is 13.2. The molecule has 27 heavy (non-hydrogen) atoms. The van der Waals surface area contributed by atoms with Gasteiger partial charge >= 0.3 is 0 Å². The molecule has 0 spiro atoms. The highest BCUT2D eigenvalue weighted by Crippen LogP contribution is 2.30. The molecule has 1 aliphatic rings. The maximum atomic E-state index is 12.6. The molecule has 144 valence electrons. The molecule has 1 saturated heterocycles. The standard InChI is InChI=1S/C21H27N3O3/c1-26-19-8-5-7-18(20(19)27-2)21(25)23-14-16-9-12-24(13-10-16)15-17-6-3-4-11-22-17/h3-8,11,16H,9-10,12-15H2,1-2H3,(H,23,25). The van der Waals surface area contributed by atoms with Crippen molar-refractivity contribution in [1.82, 2.24) is 15.2 Å². The molecular weight excluding hydrogens is 342 g/mol. The highest BCUT2D eigenvalue weighted by molar-refractivity contribution is 5.97. The van der Waals surface area contributed by atoms with Crippen molar-refractivity contribution in [3.8, 4) is 11.5 Å². The Hall–Kier alpha value is -2.60. The number of nitrogens with zero attached hydrogens (tertiary/aromatic N) is 2. The third-order valence-corrected chi connectivity index (χ3v) is 5.02. The van der Waals surface area contributed by atoms with Gasteiger partial charge in [-0.05, 0) is 56.1 Å². The van der Waals surface area contributed by atoms with Crippen molar-refractivity contribution in [3.63, 3.8) is 0 Å². The minimum Gasteiger partial charge on any atom is -0.493 e. The van der Waals surface area contributed by atoms with Crippen LogP contribution in [-0.2, 0) is 6.54 Å². The fourth-order valence-corrected chi connectivity index (χ4v) is 3.47. The van der Waals surface area contributed by atoms with Crippen LogP contribution in [0, 0.1) is 5.92 Å². The van der Waals surface area contributed by atoms with Crippen molar-refractivity contribution in [2.24, 2.45) is 5.92 Å². The number of rotatable bonds is 7. The first-order valence-electron chi connectivity index (χ1n) is 9.32. The van der Waals surface area contributed by atoms with E-state index >= 15 is 0 Å². The number of benzene rings is 1. The summed E-state index contributed by atoms with van der Waals surface area (Å²) >= 11 is 0. The van der Waals surface area contributed by atoms with Gasteiger partial charge in [-0.1, -0.05) is 12.1 Å². The Labute approximate surface area is 160 Å². The maximum absolute atomic E-state index is 12.6. The van der Waals surface area contributed by atoms with E-state index in [0.29, 0.717) is 29.5 Å². The molecule has 6 heteroatoms. The lowest BCUT2D eigenvalue weighted by molar-refractivity contribution is 0.0931. The molecule has 0 aliphatic carbocycles. The van der Waals surface area contributed by atoms with Gasteiger partial charge in [-0.3, -0.25) is 14.7 Å². The van der Waals surface area contributed by atoms with E-state index in [2.05, 4.69) is 21.3 Å². The van der Waals surface area contributed by atoms with Gasteiger partial charge in [-0.2, -0.15) is 0 Å². The minimum absolute atomic E-state index is 0.123. The smallest absolute Gasteiger partial charge is 0.255 e. The SMILES string of the molecule is COc1cccc(C(=O)NCC2CCN(Cc3ccccn3)CC2)c1OC. The van der Waals surface area contributed by atoms with Crippen LogP contribution in [0.2, 0.25) is 0 Å². The van der Waals surface area contributed by atoms with Gasteiger partial charge in [0.05, 0.1) is 25.5 Å². The Morgan fingerprint density at radius 3 is 2.63 bits per heavy atom. The van der Waals surface area contributed by atoms with Crippen LogP contribution in [0.5, 0.6) is 11.5 Å². The summed E-state index contributed by atoms with van der Waals surface area (Å²) in [7, 11) is 3.12. The molecule has 1 aliphatic heterocycles. The molecule has 0 radical (unpaired) electrons. The summed E-state index contributed by atoms with van der Waals surface area (Å²) < 4.78 is 10.6. The van der Waals surface area contributed by atoms with Gasteiger partial charge in [0.15, 0.2) is 11.5 Å². The molecule has 2 aromatic rings. The molecule has 2 heterocycles. The van der Waals surface area contributed by atoms with Crippen molar-refractivity contribution in [2.75, 3.05) is 33.9 Å². The van der Waals surface area contributed by atoms with Crippen LogP contribution in [0.4, 0.5) is 0 Å². The minimum atomic E-state index is -0.123. The molecular formula is C21H27N3O3. The molecule has 1 aromatic carbocycles. The topological polar surface area (TPSA) is 63.7 Å². The van der Waals surface area contributed by atoms with E-state index in [4.69, 9.17) is 9.47 Å². The molecule has 3 rings (SSSR count). The van der Waals surface area contributed by atoms with E-state index in [-0.39, 0.29) is 5.91 Å². The second kappa shape index (κ2) is 9.37. The molecule has 1 N–H and O–H groups in total. The predicted octanol–water partition coefficient (Wildman–Crippen LogP) is 2.74. The van der Waals surface area contributed by atoms with Gasteiger partial charge in [0, 0.05) is 19.3 Å². The van der Waals surface area contributed by atoms with E-state index in [1.54, 1.807) is 32.4 Å². The number of para-hydroxylation sites is 1. The van der Waals surface area contributed by atoms with Gasteiger partial charge in [-0.25, -0.2) is 0 Å². The van der Waals surface area contributed by atoms with Gasteiger partial charge in [0.1, 0.15) is 0 Å². The molecule has 1 amide bonds. The van der Waals surface area contributed by atoms with Crippen molar-refractivity contribution in [3.05, 3.63) is 53.9 Å². The Morgan fingerprint density at radius 2 is 1.96 bits per heavy atom. The van der Waals surface area contributed by atoms with Crippen LogP contribution in [0.25, 0.3) is 0 Å². The highest BCUT2D eigenvalue weighted by atomic mass is 16.5. The van der Waals surface area contributed by atoms with Crippen molar-refractivity contribution >= 4 is 5.91 Å². The first kappa shape index (κ1) is 19.2. The summed E-state index contributed by atoms with van der Waals surface area (Å²) in [6, 6.07) is 11.4. The summed E-state index contributed by atoms with van der Waals surface area (Å²) in [6.45, 7) is 3.62. The monoisotopic (exact) mass is 369 g/mol. The summed E-state index contributed by atoms with van der Waals surface area (Å²) in [5.74, 6) is 1.41. The Kier molecular flexibility index (Phi) is 6.65. The van der Waals surface area contributed by atoms with Gasteiger partial charge < -0.3 is 14.8 Å². The number of methoxy groups -OCH3 is 2. The number of nitrogens with one attached hydrogen (secondary N) is 1. The third kappa shape index (κ3) is 4.98. The van der Waals surface area contributed by atoms with Crippen molar-refractivity contribution in [1.29, 1.82) is 0 Å². The number of aromatic nitrogens is 1. The Bertz CT molecular complexity index is 744.